The molecule has 0 unspecified atom stereocenters. The Labute approximate surface area is 153 Å². The van der Waals surface area contributed by atoms with Crippen molar-refractivity contribution >= 4 is 17.4 Å². The average Bonchev–Trinajstić information content (AvgIpc) is 3.09. The number of aromatic nitrogens is 4. The summed E-state index contributed by atoms with van der Waals surface area (Å²) >= 11 is 1.45. The molecule has 4 rings (SSSR count). The smallest absolute Gasteiger partial charge is 0.258 e. The van der Waals surface area contributed by atoms with E-state index in [9.17, 15) is 9.18 Å². The molecular formula is C19H15FN4OS. The highest BCUT2D eigenvalue weighted by Gasteiger charge is 2.09. The first-order valence-electron chi connectivity index (χ1n) is 8.02. The lowest BCUT2D eigenvalue weighted by molar-refractivity contribution is 0.626. The van der Waals surface area contributed by atoms with E-state index >= 15 is 0 Å². The number of aryl methyl sites for hydroxylation is 1. The second-order valence-electron chi connectivity index (χ2n) is 5.82. The molecule has 0 aliphatic rings. The Morgan fingerprint density at radius 1 is 1.15 bits per heavy atom. The van der Waals surface area contributed by atoms with Crippen LogP contribution in [0.25, 0.3) is 11.3 Å². The first-order valence-corrected chi connectivity index (χ1v) is 9.00. The summed E-state index contributed by atoms with van der Waals surface area (Å²) in [5.74, 6) is 0.193. The number of hydrogen-bond donors (Lipinski definition) is 0. The third-order valence-corrected chi connectivity index (χ3v) is 4.98. The van der Waals surface area contributed by atoms with Crippen molar-refractivity contribution in [3.05, 3.63) is 88.5 Å². The molecule has 3 heterocycles. The van der Waals surface area contributed by atoms with E-state index in [2.05, 4.69) is 9.97 Å². The van der Waals surface area contributed by atoms with Gasteiger partial charge in [0.15, 0.2) is 5.16 Å². The van der Waals surface area contributed by atoms with Crippen molar-refractivity contribution < 1.29 is 4.39 Å². The summed E-state index contributed by atoms with van der Waals surface area (Å²) in [6.45, 7) is 1.93. The van der Waals surface area contributed by atoms with E-state index in [0.717, 1.165) is 5.56 Å². The number of imidazole rings is 1. The molecule has 26 heavy (non-hydrogen) atoms. The third kappa shape index (κ3) is 3.13. The van der Waals surface area contributed by atoms with Crippen LogP contribution in [0.1, 0.15) is 11.3 Å². The summed E-state index contributed by atoms with van der Waals surface area (Å²) < 4.78 is 16.8. The van der Waals surface area contributed by atoms with Gasteiger partial charge in [-0.25, -0.2) is 14.4 Å². The second-order valence-corrected chi connectivity index (χ2v) is 6.76. The predicted octanol–water partition coefficient (Wildman–Crippen LogP) is 3.62. The number of pyridine rings is 1. The van der Waals surface area contributed by atoms with Crippen LogP contribution in [0.3, 0.4) is 0 Å². The van der Waals surface area contributed by atoms with Gasteiger partial charge in [-0.1, -0.05) is 23.9 Å². The van der Waals surface area contributed by atoms with Gasteiger partial charge in [-0.15, -0.1) is 0 Å². The minimum Gasteiger partial charge on any atom is -0.295 e. The summed E-state index contributed by atoms with van der Waals surface area (Å²) in [5, 5.41) is 0.711. The molecule has 0 aliphatic carbocycles. The van der Waals surface area contributed by atoms with Gasteiger partial charge >= 0.3 is 0 Å². The van der Waals surface area contributed by atoms with E-state index in [1.54, 1.807) is 24.7 Å². The maximum absolute atomic E-state index is 13.5. The van der Waals surface area contributed by atoms with Crippen LogP contribution in [-0.2, 0) is 5.75 Å². The Hall–Kier alpha value is -2.93. The molecule has 130 valence electrons. The SMILES string of the molecule is Cc1cccn2c(=O)cc(CSc3nccn3-c3cccc(F)c3)nc12. The standard InChI is InChI=1S/C19H15FN4OS/c1-13-4-3-8-24-17(25)11-15(22-18(13)24)12-26-19-21-7-9-23(19)16-6-2-5-14(20)10-16/h2-11H,12H2,1H3. The van der Waals surface area contributed by atoms with Crippen molar-refractivity contribution in [3.63, 3.8) is 0 Å². The lowest BCUT2D eigenvalue weighted by Gasteiger charge is -2.08. The van der Waals surface area contributed by atoms with Crippen molar-refractivity contribution in [2.45, 2.75) is 17.8 Å². The zero-order valence-electron chi connectivity index (χ0n) is 14.0. The lowest BCUT2D eigenvalue weighted by atomic mass is 10.3. The fourth-order valence-electron chi connectivity index (χ4n) is 2.74. The third-order valence-electron chi connectivity index (χ3n) is 3.98. The molecule has 0 bridgehead atoms. The number of fused-ring (bicyclic) bond motifs is 1. The molecule has 0 amide bonds. The summed E-state index contributed by atoms with van der Waals surface area (Å²) in [6, 6.07) is 11.6. The van der Waals surface area contributed by atoms with E-state index in [0.29, 0.717) is 27.9 Å². The van der Waals surface area contributed by atoms with Crippen LogP contribution in [-0.4, -0.2) is 18.9 Å². The van der Waals surface area contributed by atoms with Gasteiger partial charge in [0, 0.05) is 30.4 Å². The number of thioether (sulfide) groups is 1. The second kappa shape index (κ2) is 6.76. The van der Waals surface area contributed by atoms with Crippen molar-refractivity contribution in [2.75, 3.05) is 0 Å². The molecule has 0 atom stereocenters. The van der Waals surface area contributed by atoms with Crippen molar-refractivity contribution in [1.29, 1.82) is 0 Å². The zero-order chi connectivity index (χ0) is 18.1. The quantitative estimate of drug-likeness (QED) is 0.518. The molecule has 3 aromatic heterocycles. The van der Waals surface area contributed by atoms with Gasteiger partial charge in [0.05, 0.1) is 11.4 Å². The number of hydrogen-bond acceptors (Lipinski definition) is 4. The maximum Gasteiger partial charge on any atom is 0.258 e. The van der Waals surface area contributed by atoms with Gasteiger partial charge in [0.25, 0.3) is 5.56 Å². The largest absolute Gasteiger partial charge is 0.295 e. The van der Waals surface area contributed by atoms with E-state index in [1.165, 1.54) is 34.4 Å². The normalized spacial score (nSPS) is 11.2. The summed E-state index contributed by atoms with van der Waals surface area (Å²) in [7, 11) is 0. The molecule has 1 aromatic carbocycles. The molecule has 0 radical (unpaired) electrons. The Kier molecular flexibility index (Phi) is 4.30. The molecule has 5 nitrogen and oxygen atoms in total. The van der Waals surface area contributed by atoms with Crippen molar-refractivity contribution in [1.82, 2.24) is 18.9 Å². The zero-order valence-corrected chi connectivity index (χ0v) is 14.8. The van der Waals surface area contributed by atoms with Crippen molar-refractivity contribution in [2.24, 2.45) is 0 Å². The summed E-state index contributed by atoms with van der Waals surface area (Å²) in [5.41, 5.74) is 2.88. The molecule has 0 N–H and O–H groups in total. The molecule has 0 spiro atoms. The molecule has 0 aliphatic heterocycles. The Bertz CT molecular complexity index is 1150. The van der Waals surface area contributed by atoms with Crippen LogP contribution in [0.5, 0.6) is 0 Å². The van der Waals surface area contributed by atoms with Crippen LogP contribution in [0, 0.1) is 12.7 Å². The molecule has 7 heteroatoms. The monoisotopic (exact) mass is 366 g/mol. The summed E-state index contributed by atoms with van der Waals surface area (Å²) in [6.07, 6.45) is 5.16. The molecular weight excluding hydrogens is 351 g/mol. The highest BCUT2D eigenvalue weighted by molar-refractivity contribution is 7.98. The lowest BCUT2D eigenvalue weighted by Crippen LogP contribution is -2.15. The fraction of sp³-hybridized carbons (Fsp3) is 0.105. The van der Waals surface area contributed by atoms with Crippen LogP contribution < -0.4 is 5.56 Å². The number of benzene rings is 1. The number of nitrogens with zero attached hydrogens (tertiary/aromatic N) is 4. The molecule has 0 saturated heterocycles. The van der Waals surface area contributed by atoms with Gasteiger partial charge in [0.2, 0.25) is 0 Å². The molecule has 0 fully saturated rings. The topological polar surface area (TPSA) is 52.2 Å². The van der Waals surface area contributed by atoms with Crippen LogP contribution in [0.2, 0.25) is 0 Å². The van der Waals surface area contributed by atoms with Gasteiger partial charge in [-0.2, -0.15) is 0 Å². The number of rotatable bonds is 4. The van der Waals surface area contributed by atoms with E-state index in [1.807, 2.05) is 29.7 Å². The van der Waals surface area contributed by atoms with Crippen molar-refractivity contribution in [3.8, 4) is 5.69 Å². The van der Waals surface area contributed by atoms with E-state index in [4.69, 9.17) is 0 Å². The van der Waals surface area contributed by atoms with Gasteiger partial charge in [-0.3, -0.25) is 13.8 Å². The van der Waals surface area contributed by atoms with Crippen LogP contribution >= 0.6 is 11.8 Å². The van der Waals surface area contributed by atoms with E-state index in [-0.39, 0.29) is 11.4 Å². The Morgan fingerprint density at radius 3 is 2.88 bits per heavy atom. The Morgan fingerprint density at radius 2 is 2.04 bits per heavy atom. The highest BCUT2D eigenvalue weighted by Crippen LogP contribution is 2.23. The van der Waals surface area contributed by atoms with Gasteiger partial charge in [-0.05, 0) is 36.8 Å². The van der Waals surface area contributed by atoms with Crippen LogP contribution in [0.15, 0.2) is 71.0 Å². The average molecular weight is 366 g/mol. The first kappa shape index (κ1) is 16.5. The van der Waals surface area contributed by atoms with E-state index < -0.39 is 0 Å². The van der Waals surface area contributed by atoms with Gasteiger partial charge in [0.1, 0.15) is 11.5 Å². The minimum atomic E-state index is -0.299. The summed E-state index contributed by atoms with van der Waals surface area (Å²) in [4.78, 5) is 21.2. The van der Waals surface area contributed by atoms with Crippen LogP contribution in [0.4, 0.5) is 4.39 Å². The van der Waals surface area contributed by atoms with Gasteiger partial charge < -0.3 is 0 Å². The maximum atomic E-state index is 13.5. The first-order chi connectivity index (χ1) is 12.6. The Balaban J connectivity index is 1.63. The number of halogens is 1. The minimum absolute atomic E-state index is 0.109. The highest BCUT2D eigenvalue weighted by atomic mass is 32.2. The molecule has 0 saturated carbocycles. The predicted molar refractivity (Wildman–Crippen MR) is 99.3 cm³/mol. The fourth-order valence-corrected chi connectivity index (χ4v) is 3.61. The molecule has 4 aromatic rings.